The van der Waals surface area contributed by atoms with Gasteiger partial charge in [0.05, 0.1) is 12.7 Å². The van der Waals surface area contributed by atoms with E-state index in [1.54, 1.807) is 0 Å². The molecular formula is C13H21N3O5. The van der Waals surface area contributed by atoms with Gasteiger partial charge in [0.15, 0.2) is 6.23 Å². The summed E-state index contributed by atoms with van der Waals surface area (Å²) in [5.41, 5.74) is 4.91. The van der Waals surface area contributed by atoms with E-state index in [-0.39, 0.29) is 18.5 Å². The normalized spacial score (nSPS) is 29.2. The summed E-state index contributed by atoms with van der Waals surface area (Å²) < 4.78 is 17.7. The van der Waals surface area contributed by atoms with Crippen LogP contribution < -0.4 is 11.4 Å². The zero-order valence-corrected chi connectivity index (χ0v) is 12.3. The Hall–Kier alpha value is -1.48. The van der Waals surface area contributed by atoms with Gasteiger partial charge in [-0.1, -0.05) is 0 Å². The van der Waals surface area contributed by atoms with E-state index in [9.17, 15) is 9.90 Å². The van der Waals surface area contributed by atoms with Gasteiger partial charge in [-0.2, -0.15) is 4.98 Å². The Morgan fingerprint density at radius 3 is 2.86 bits per heavy atom. The summed E-state index contributed by atoms with van der Waals surface area (Å²) in [6.07, 6.45) is -1.45. The summed E-state index contributed by atoms with van der Waals surface area (Å²) in [4.78, 5) is 15.5. The fourth-order valence-corrected chi connectivity index (χ4v) is 2.24. The van der Waals surface area contributed by atoms with Crippen molar-refractivity contribution in [1.29, 1.82) is 0 Å². The Morgan fingerprint density at radius 2 is 2.29 bits per heavy atom. The molecule has 0 radical (unpaired) electrons. The third kappa shape index (κ3) is 3.41. The average Bonchev–Trinajstić information content (AvgIpc) is 2.72. The van der Waals surface area contributed by atoms with Crippen LogP contribution in [0.2, 0.25) is 0 Å². The first kappa shape index (κ1) is 15.9. The molecule has 0 aliphatic carbocycles. The van der Waals surface area contributed by atoms with Crippen molar-refractivity contribution in [2.45, 2.75) is 44.5 Å². The van der Waals surface area contributed by atoms with Crippen molar-refractivity contribution in [3.05, 3.63) is 22.7 Å². The number of aliphatic hydroxyl groups excluding tert-OH is 1. The lowest BCUT2D eigenvalue weighted by atomic mass is 10.1. The van der Waals surface area contributed by atoms with E-state index in [0.29, 0.717) is 0 Å². The minimum absolute atomic E-state index is 0.0155. The number of hydrogen-bond donors (Lipinski definition) is 2. The zero-order valence-electron chi connectivity index (χ0n) is 12.3. The highest BCUT2D eigenvalue weighted by molar-refractivity contribution is 5.23. The van der Waals surface area contributed by atoms with Crippen LogP contribution >= 0.6 is 0 Å². The third-order valence-electron chi connectivity index (χ3n) is 3.30. The van der Waals surface area contributed by atoms with E-state index >= 15 is 0 Å². The highest BCUT2D eigenvalue weighted by Crippen LogP contribution is 2.30. The van der Waals surface area contributed by atoms with Crippen molar-refractivity contribution < 1.29 is 19.3 Å². The van der Waals surface area contributed by atoms with Crippen LogP contribution in [0.1, 0.15) is 20.1 Å². The maximum atomic E-state index is 11.9. The quantitative estimate of drug-likeness (QED) is 0.756. The number of nitrogen functional groups attached to an aromatic ring is 1. The molecule has 2 heterocycles. The molecule has 4 atom stereocenters. The Morgan fingerprint density at radius 1 is 1.57 bits per heavy atom. The number of aliphatic hydroxyl groups is 1. The highest BCUT2D eigenvalue weighted by atomic mass is 16.6. The number of nitrogens with two attached hydrogens (primary N) is 1. The van der Waals surface area contributed by atoms with E-state index in [4.69, 9.17) is 19.9 Å². The smallest absolute Gasteiger partial charge is 0.351 e. The minimum Gasteiger partial charge on any atom is -0.387 e. The van der Waals surface area contributed by atoms with E-state index in [1.165, 1.54) is 23.9 Å². The molecule has 0 spiro atoms. The minimum atomic E-state index is -0.900. The number of hydrogen-bond acceptors (Lipinski definition) is 7. The Balaban J connectivity index is 2.20. The molecule has 21 heavy (non-hydrogen) atoms. The molecule has 1 saturated heterocycles. The summed E-state index contributed by atoms with van der Waals surface area (Å²) in [7, 11) is 1.45. The van der Waals surface area contributed by atoms with Gasteiger partial charge >= 0.3 is 5.69 Å². The molecule has 118 valence electrons. The Labute approximate surface area is 122 Å². The maximum absolute atomic E-state index is 11.9. The van der Waals surface area contributed by atoms with E-state index < -0.39 is 30.2 Å². The predicted molar refractivity (Wildman–Crippen MR) is 74.7 cm³/mol. The second-order valence-corrected chi connectivity index (χ2v) is 5.18. The molecule has 1 fully saturated rings. The lowest BCUT2D eigenvalue weighted by Gasteiger charge is -2.20. The van der Waals surface area contributed by atoms with Gasteiger partial charge in [0.25, 0.3) is 0 Å². The average molecular weight is 299 g/mol. The molecule has 3 N–H and O–H groups in total. The first-order valence-electron chi connectivity index (χ1n) is 6.76. The largest absolute Gasteiger partial charge is 0.387 e. The molecular weight excluding hydrogens is 278 g/mol. The molecule has 0 unspecified atom stereocenters. The van der Waals surface area contributed by atoms with Crippen LogP contribution in [0, 0.1) is 0 Å². The zero-order chi connectivity index (χ0) is 15.6. The van der Waals surface area contributed by atoms with Crippen molar-refractivity contribution >= 4 is 5.82 Å². The first-order chi connectivity index (χ1) is 9.93. The molecule has 8 nitrogen and oxygen atoms in total. The third-order valence-corrected chi connectivity index (χ3v) is 3.30. The number of aromatic nitrogens is 2. The van der Waals surface area contributed by atoms with Crippen LogP contribution in [-0.4, -0.2) is 52.8 Å². The lowest BCUT2D eigenvalue weighted by molar-refractivity contribution is -0.0801. The molecule has 1 aromatic rings. The van der Waals surface area contributed by atoms with Gasteiger partial charge in [-0.05, 0) is 19.9 Å². The molecule has 0 aromatic carbocycles. The van der Waals surface area contributed by atoms with Crippen molar-refractivity contribution in [2.24, 2.45) is 0 Å². The van der Waals surface area contributed by atoms with Gasteiger partial charge in [-0.25, -0.2) is 4.79 Å². The SMILES string of the molecule is CO[C@@H]1[C@H](O)[C@@H](COC(C)C)O[C@H]1n1ccc(N)nc1=O. The molecule has 8 heteroatoms. The van der Waals surface area contributed by atoms with Gasteiger partial charge in [0.2, 0.25) is 0 Å². The van der Waals surface area contributed by atoms with Crippen LogP contribution in [-0.2, 0) is 14.2 Å². The molecule has 2 rings (SSSR count). The summed E-state index contributed by atoms with van der Waals surface area (Å²) >= 11 is 0. The number of rotatable bonds is 5. The predicted octanol–water partition coefficient (Wildman–Crippen LogP) is -0.476. The monoisotopic (exact) mass is 299 g/mol. The van der Waals surface area contributed by atoms with Gasteiger partial charge in [0, 0.05) is 13.3 Å². The van der Waals surface area contributed by atoms with Crippen LogP contribution in [0.4, 0.5) is 5.82 Å². The second-order valence-electron chi connectivity index (χ2n) is 5.18. The van der Waals surface area contributed by atoms with Crippen LogP contribution in [0.3, 0.4) is 0 Å². The van der Waals surface area contributed by atoms with Crippen molar-refractivity contribution in [2.75, 3.05) is 19.5 Å². The summed E-state index contributed by atoms with van der Waals surface area (Å²) in [6.45, 7) is 3.99. The fourth-order valence-electron chi connectivity index (χ4n) is 2.24. The molecule has 1 aromatic heterocycles. The lowest BCUT2D eigenvalue weighted by Crippen LogP contribution is -2.37. The maximum Gasteiger partial charge on any atom is 0.351 e. The van der Waals surface area contributed by atoms with E-state index in [0.717, 1.165) is 0 Å². The molecule has 0 amide bonds. The Bertz CT molecular complexity index is 533. The molecule has 1 aliphatic heterocycles. The van der Waals surface area contributed by atoms with Crippen molar-refractivity contribution in [1.82, 2.24) is 9.55 Å². The highest BCUT2D eigenvalue weighted by Gasteiger charge is 2.45. The topological polar surface area (TPSA) is 109 Å². The Kier molecular flexibility index (Phi) is 4.94. The number of nitrogens with zero attached hydrogens (tertiary/aromatic N) is 2. The fraction of sp³-hybridized carbons (Fsp3) is 0.692. The van der Waals surface area contributed by atoms with Gasteiger partial charge in [0.1, 0.15) is 24.1 Å². The van der Waals surface area contributed by atoms with Gasteiger partial charge in [-0.15, -0.1) is 0 Å². The van der Waals surface area contributed by atoms with E-state index in [1.807, 2.05) is 13.8 Å². The van der Waals surface area contributed by atoms with Crippen LogP contribution in [0.5, 0.6) is 0 Å². The van der Waals surface area contributed by atoms with E-state index in [2.05, 4.69) is 4.98 Å². The van der Waals surface area contributed by atoms with Crippen molar-refractivity contribution in [3.8, 4) is 0 Å². The molecule has 0 bridgehead atoms. The first-order valence-corrected chi connectivity index (χ1v) is 6.76. The second kappa shape index (κ2) is 6.52. The van der Waals surface area contributed by atoms with Crippen LogP contribution in [0.15, 0.2) is 17.1 Å². The van der Waals surface area contributed by atoms with Gasteiger partial charge < -0.3 is 25.1 Å². The standard InChI is InChI=1S/C13H21N3O5/c1-7(2)20-6-8-10(17)11(19-3)12(21-8)16-5-4-9(14)15-13(16)18/h4-5,7-8,10-12,17H,6H2,1-3H3,(H2,14,15,18)/t8-,10-,11-,12-/m1/s1. The summed E-state index contributed by atoms with van der Waals surface area (Å²) in [5, 5.41) is 10.2. The van der Waals surface area contributed by atoms with Crippen LogP contribution in [0.25, 0.3) is 0 Å². The summed E-state index contributed by atoms with van der Waals surface area (Å²) in [6, 6.07) is 1.49. The number of ether oxygens (including phenoxy) is 3. The number of methoxy groups -OCH3 is 1. The molecule has 0 saturated carbocycles. The van der Waals surface area contributed by atoms with Gasteiger partial charge in [-0.3, -0.25) is 4.57 Å². The summed E-state index contributed by atoms with van der Waals surface area (Å²) in [5.74, 6) is 0.128. The number of anilines is 1. The van der Waals surface area contributed by atoms with Crippen molar-refractivity contribution in [3.63, 3.8) is 0 Å². The molecule has 1 aliphatic rings.